The van der Waals surface area contributed by atoms with Crippen LogP contribution in [0.25, 0.3) is 0 Å². The monoisotopic (exact) mass is 246 g/mol. The van der Waals surface area contributed by atoms with Gasteiger partial charge in [0.25, 0.3) is 0 Å². The smallest absolute Gasteiger partial charge is 0.0230 e. The van der Waals surface area contributed by atoms with Crippen molar-refractivity contribution < 1.29 is 0 Å². The second-order valence-corrected chi connectivity index (χ2v) is 5.89. The van der Waals surface area contributed by atoms with Gasteiger partial charge in [0.1, 0.15) is 0 Å². The zero-order valence-electron chi connectivity index (χ0n) is 11.7. The van der Waals surface area contributed by atoms with Crippen molar-refractivity contribution in [1.82, 2.24) is 4.90 Å². The predicted octanol–water partition coefficient (Wildman–Crippen LogP) is 2.94. The molecule has 1 aliphatic rings. The van der Waals surface area contributed by atoms with Crippen LogP contribution < -0.4 is 5.73 Å². The van der Waals surface area contributed by atoms with E-state index >= 15 is 0 Å². The lowest BCUT2D eigenvalue weighted by Gasteiger charge is -2.32. The molecular formula is C16H26N2. The highest BCUT2D eigenvalue weighted by atomic mass is 15.1. The van der Waals surface area contributed by atoms with Crippen molar-refractivity contribution in [3.05, 3.63) is 35.4 Å². The Balaban J connectivity index is 1.86. The van der Waals surface area contributed by atoms with E-state index in [0.717, 1.165) is 13.1 Å². The molecule has 1 fully saturated rings. The normalized spacial score (nSPS) is 24.4. The van der Waals surface area contributed by atoms with Gasteiger partial charge >= 0.3 is 0 Å². The third kappa shape index (κ3) is 3.82. The molecule has 2 heteroatoms. The molecule has 100 valence electrons. The van der Waals surface area contributed by atoms with Gasteiger partial charge in [-0.3, -0.25) is 0 Å². The van der Waals surface area contributed by atoms with Crippen molar-refractivity contribution in [2.24, 2.45) is 11.7 Å². The number of benzene rings is 1. The highest BCUT2D eigenvalue weighted by molar-refractivity contribution is 5.22. The van der Waals surface area contributed by atoms with Crippen molar-refractivity contribution >= 4 is 0 Å². The van der Waals surface area contributed by atoms with Crippen LogP contribution in [0.2, 0.25) is 0 Å². The molecule has 2 unspecified atom stereocenters. The van der Waals surface area contributed by atoms with Crippen molar-refractivity contribution in [2.45, 2.75) is 45.2 Å². The van der Waals surface area contributed by atoms with E-state index in [9.17, 15) is 0 Å². The number of rotatable bonds is 4. The van der Waals surface area contributed by atoms with Crippen molar-refractivity contribution in [2.75, 3.05) is 13.6 Å². The summed E-state index contributed by atoms with van der Waals surface area (Å²) in [6.07, 6.45) is 5.19. The molecule has 0 aromatic heterocycles. The minimum absolute atomic E-state index is 0.415. The van der Waals surface area contributed by atoms with Gasteiger partial charge in [-0.05, 0) is 38.3 Å². The first-order chi connectivity index (χ1) is 8.65. The quantitative estimate of drug-likeness (QED) is 0.885. The Bertz CT molecular complexity index is 375. The van der Waals surface area contributed by atoms with Crippen LogP contribution in [-0.2, 0) is 6.54 Å². The number of hydrogen-bond acceptors (Lipinski definition) is 2. The Kier molecular flexibility index (Phi) is 4.79. The predicted molar refractivity (Wildman–Crippen MR) is 77.4 cm³/mol. The zero-order valence-corrected chi connectivity index (χ0v) is 11.7. The van der Waals surface area contributed by atoms with Gasteiger partial charge in [0.05, 0.1) is 0 Å². The summed E-state index contributed by atoms with van der Waals surface area (Å²) in [6, 6.07) is 9.20. The van der Waals surface area contributed by atoms with Crippen LogP contribution >= 0.6 is 0 Å². The first-order valence-electron chi connectivity index (χ1n) is 7.15. The molecule has 0 bridgehead atoms. The average molecular weight is 246 g/mol. The van der Waals surface area contributed by atoms with E-state index in [1.54, 1.807) is 0 Å². The minimum Gasteiger partial charge on any atom is -0.327 e. The number of nitrogens with zero attached hydrogens (tertiary/aromatic N) is 1. The molecule has 1 aliphatic carbocycles. The highest BCUT2D eigenvalue weighted by Gasteiger charge is 2.22. The van der Waals surface area contributed by atoms with Gasteiger partial charge < -0.3 is 10.6 Å². The molecule has 2 nitrogen and oxygen atoms in total. The molecule has 2 rings (SSSR count). The summed E-state index contributed by atoms with van der Waals surface area (Å²) in [4.78, 5) is 2.42. The average Bonchev–Trinajstić information content (AvgIpc) is 2.32. The molecule has 1 aromatic carbocycles. The molecule has 2 N–H and O–H groups in total. The van der Waals surface area contributed by atoms with E-state index in [-0.39, 0.29) is 0 Å². The van der Waals surface area contributed by atoms with Crippen molar-refractivity contribution in [3.63, 3.8) is 0 Å². The Morgan fingerprint density at radius 3 is 2.78 bits per heavy atom. The second-order valence-electron chi connectivity index (χ2n) is 5.89. The lowest BCUT2D eigenvalue weighted by atomic mass is 9.85. The van der Waals surface area contributed by atoms with E-state index < -0.39 is 0 Å². The summed E-state index contributed by atoms with van der Waals surface area (Å²) in [5.41, 5.74) is 8.97. The number of nitrogens with two attached hydrogens (primary N) is 1. The van der Waals surface area contributed by atoms with E-state index in [1.807, 2.05) is 0 Å². The molecule has 0 radical (unpaired) electrons. The fourth-order valence-electron chi connectivity index (χ4n) is 3.05. The van der Waals surface area contributed by atoms with Gasteiger partial charge in [0.15, 0.2) is 0 Å². The van der Waals surface area contributed by atoms with Crippen LogP contribution in [-0.4, -0.2) is 24.5 Å². The van der Waals surface area contributed by atoms with Crippen LogP contribution in [0.5, 0.6) is 0 Å². The minimum atomic E-state index is 0.415. The van der Waals surface area contributed by atoms with Gasteiger partial charge in [-0.25, -0.2) is 0 Å². The third-order valence-corrected chi connectivity index (χ3v) is 4.05. The molecular weight excluding hydrogens is 220 g/mol. The largest absolute Gasteiger partial charge is 0.327 e. The summed E-state index contributed by atoms with van der Waals surface area (Å²) >= 11 is 0. The Morgan fingerprint density at radius 2 is 2.06 bits per heavy atom. The van der Waals surface area contributed by atoms with Crippen LogP contribution in [0.4, 0.5) is 0 Å². The van der Waals surface area contributed by atoms with Crippen LogP contribution in [0, 0.1) is 12.8 Å². The van der Waals surface area contributed by atoms with Gasteiger partial charge in [0, 0.05) is 19.1 Å². The highest BCUT2D eigenvalue weighted by Crippen LogP contribution is 2.23. The summed E-state index contributed by atoms with van der Waals surface area (Å²) in [7, 11) is 2.21. The third-order valence-electron chi connectivity index (χ3n) is 4.05. The van der Waals surface area contributed by atoms with Crippen molar-refractivity contribution in [3.8, 4) is 0 Å². The Morgan fingerprint density at radius 1 is 1.28 bits per heavy atom. The molecule has 0 saturated heterocycles. The maximum absolute atomic E-state index is 6.22. The van der Waals surface area contributed by atoms with Crippen LogP contribution in [0.15, 0.2) is 24.3 Å². The summed E-state index contributed by atoms with van der Waals surface area (Å²) in [5.74, 6) is 0.688. The molecule has 0 spiro atoms. The molecule has 0 heterocycles. The van der Waals surface area contributed by atoms with Gasteiger partial charge in [-0.2, -0.15) is 0 Å². The van der Waals surface area contributed by atoms with Gasteiger partial charge in [-0.1, -0.05) is 42.7 Å². The first kappa shape index (κ1) is 13.6. The van der Waals surface area contributed by atoms with E-state index in [2.05, 4.69) is 43.1 Å². The molecule has 0 amide bonds. The lowest BCUT2D eigenvalue weighted by molar-refractivity contribution is 0.206. The fourth-order valence-corrected chi connectivity index (χ4v) is 3.05. The summed E-state index contributed by atoms with van der Waals surface area (Å²) in [6.45, 7) is 4.32. The van der Waals surface area contributed by atoms with E-state index in [0.29, 0.717) is 12.0 Å². The second kappa shape index (κ2) is 6.35. The molecule has 1 aromatic rings. The Hall–Kier alpha value is -0.860. The Labute approximate surface area is 111 Å². The van der Waals surface area contributed by atoms with Crippen molar-refractivity contribution in [1.29, 1.82) is 0 Å². The first-order valence-corrected chi connectivity index (χ1v) is 7.15. The van der Waals surface area contributed by atoms with E-state index in [1.165, 1.54) is 36.8 Å². The zero-order chi connectivity index (χ0) is 13.0. The standard InChI is InChI=1S/C16H26N2/c1-13-6-5-7-14(10-13)11-18(2)12-15-8-3-4-9-16(15)17/h5-7,10,15-16H,3-4,8-9,11-12,17H2,1-2H3. The van der Waals surface area contributed by atoms with Gasteiger partial charge in [-0.15, -0.1) is 0 Å². The SMILES string of the molecule is Cc1cccc(CN(C)CC2CCCCC2N)c1. The lowest BCUT2D eigenvalue weighted by Crippen LogP contribution is -2.39. The maximum atomic E-state index is 6.22. The van der Waals surface area contributed by atoms with Crippen LogP contribution in [0.3, 0.4) is 0 Å². The molecule has 0 aliphatic heterocycles. The molecule has 2 atom stereocenters. The van der Waals surface area contributed by atoms with Crippen LogP contribution in [0.1, 0.15) is 36.8 Å². The summed E-state index contributed by atoms with van der Waals surface area (Å²) in [5, 5.41) is 0. The molecule has 18 heavy (non-hydrogen) atoms. The number of aryl methyl sites for hydroxylation is 1. The maximum Gasteiger partial charge on any atom is 0.0230 e. The number of hydrogen-bond donors (Lipinski definition) is 1. The molecule has 1 saturated carbocycles. The van der Waals surface area contributed by atoms with Gasteiger partial charge in [0.2, 0.25) is 0 Å². The fraction of sp³-hybridized carbons (Fsp3) is 0.625. The topological polar surface area (TPSA) is 29.3 Å². The van der Waals surface area contributed by atoms with E-state index in [4.69, 9.17) is 5.73 Å². The summed E-state index contributed by atoms with van der Waals surface area (Å²) < 4.78 is 0.